The Labute approximate surface area is 110 Å². The lowest BCUT2D eigenvalue weighted by molar-refractivity contribution is 0.622. The Morgan fingerprint density at radius 2 is 2.12 bits per heavy atom. The Morgan fingerprint density at radius 3 is 2.88 bits per heavy atom. The first-order valence-electron chi connectivity index (χ1n) is 5.30. The molecule has 2 rings (SSSR count). The number of hydrogen-bond acceptors (Lipinski definition) is 2. The Morgan fingerprint density at radius 1 is 1.29 bits per heavy atom. The largest absolute Gasteiger partial charge is 0.314 e. The standard InChI is InChI=1S/C12H13Cl2N3/c1-15-7-11-4-5-16-17(11)8-9-6-10(13)2-3-12(9)14/h2-6,15H,7-8H2,1H3. The molecule has 0 aliphatic heterocycles. The maximum Gasteiger partial charge on any atom is 0.0678 e. The van der Waals surface area contributed by atoms with Crippen LogP contribution >= 0.6 is 23.2 Å². The van der Waals surface area contributed by atoms with Crippen LogP contribution in [0.25, 0.3) is 0 Å². The summed E-state index contributed by atoms with van der Waals surface area (Å²) in [6, 6.07) is 7.44. The molecule has 17 heavy (non-hydrogen) atoms. The van der Waals surface area contributed by atoms with Crippen molar-refractivity contribution in [2.24, 2.45) is 0 Å². The Bertz CT molecular complexity index is 508. The molecule has 0 aliphatic rings. The lowest BCUT2D eigenvalue weighted by Crippen LogP contribution is -2.13. The topological polar surface area (TPSA) is 29.9 Å². The van der Waals surface area contributed by atoms with Gasteiger partial charge in [0.1, 0.15) is 0 Å². The van der Waals surface area contributed by atoms with E-state index in [9.17, 15) is 0 Å². The fourth-order valence-corrected chi connectivity index (χ4v) is 2.03. The third-order valence-corrected chi connectivity index (χ3v) is 3.09. The molecule has 0 atom stereocenters. The van der Waals surface area contributed by atoms with Gasteiger partial charge in [-0.25, -0.2) is 0 Å². The number of rotatable bonds is 4. The lowest BCUT2D eigenvalue weighted by atomic mass is 10.2. The Kier molecular flexibility index (Phi) is 4.05. The van der Waals surface area contributed by atoms with Crippen molar-refractivity contribution in [1.82, 2.24) is 15.1 Å². The van der Waals surface area contributed by atoms with Gasteiger partial charge < -0.3 is 5.32 Å². The molecule has 3 nitrogen and oxygen atoms in total. The molecule has 0 saturated heterocycles. The molecule has 2 aromatic rings. The third kappa shape index (κ3) is 3.00. The van der Waals surface area contributed by atoms with Crippen molar-refractivity contribution >= 4 is 23.2 Å². The van der Waals surface area contributed by atoms with Crippen LogP contribution in [0.3, 0.4) is 0 Å². The van der Waals surface area contributed by atoms with Gasteiger partial charge in [0.15, 0.2) is 0 Å². The number of hydrogen-bond donors (Lipinski definition) is 1. The summed E-state index contributed by atoms with van der Waals surface area (Å²) in [5.41, 5.74) is 2.09. The van der Waals surface area contributed by atoms with E-state index in [1.54, 1.807) is 18.3 Å². The minimum Gasteiger partial charge on any atom is -0.314 e. The number of nitrogens with zero attached hydrogens (tertiary/aromatic N) is 2. The van der Waals surface area contributed by atoms with E-state index in [1.807, 2.05) is 23.9 Å². The van der Waals surface area contributed by atoms with Crippen molar-refractivity contribution in [3.05, 3.63) is 51.8 Å². The highest BCUT2D eigenvalue weighted by atomic mass is 35.5. The van der Waals surface area contributed by atoms with Crippen molar-refractivity contribution in [3.8, 4) is 0 Å². The predicted molar refractivity (Wildman–Crippen MR) is 70.6 cm³/mol. The van der Waals surface area contributed by atoms with E-state index < -0.39 is 0 Å². The van der Waals surface area contributed by atoms with Gasteiger partial charge in [0.2, 0.25) is 0 Å². The molecule has 0 bridgehead atoms. The fraction of sp³-hybridized carbons (Fsp3) is 0.250. The second-order valence-corrected chi connectivity index (χ2v) is 4.59. The van der Waals surface area contributed by atoms with Crippen LogP contribution in [0, 0.1) is 0 Å². The highest BCUT2D eigenvalue weighted by molar-refractivity contribution is 6.33. The van der Waals surface area contributed by atoms with Gasteiger partial charge in [-0.3, -0.25) is 4.68 Å². The SMILES string of the molecule is CNCc1ccnn1Cc1cc(Cl)ccc1Cl. The van der Waals surface area contributed by atoms with Crippen LogP contribution in [-0.4, -0.2) is 16.8 Å². The quantitative estimate of drug-likeness (QED) is 0.925. The molecule has 5 heteroatoms. The minimum atomic E-state index is 0.628. The zero-order valence-corrected chi connectivity index (χ0v) is 11.0. The van der Waals surface area contributed by atoms with Crippen LogP contribution in [0.5, 0.6) is 0 Å². The van der Waals surface area contributed by atoms with Crippen LogP contribution in [0.15, 0.2) is 30.5 Å². The first-order chi connectivity index (χ1) is 8.20. The Balaban J connectivity index is 2.25. The average Bonchev–Trinajstić information content (AvgIpc) is 2.72. The van der Waals surface area contributed by atoms with Gasteiger partial charge in [0.05, 0.1) is 12.2 Å². The molecule has 0 fully saturated rings. The lowest BCUT2D eigenvalue weighted by Gasteiger charge is -2.09. The van der Waals surface area contributed by atoms with E-state index in [1.165, 1.54) is 0 Å². The molecule has 1 aromatic heterocycles. The zero-order chi connectivity index (χ0) is 12.3. The molecule has 1 N–H and O–H groups in total. The number of halogens is 2. The Hall–Kier alpha value is -1.03. The van der Waals surface area contributed by atoms with Gasteiger partial charge in [-0.05, 0) is 36.9 Å². The molecule has 90 valence electrons. The maximum absolute atomic E-state index is 6.13. The summed E-state index contributed by atoms with van der Waals surface area (Å²) >= 11 is 12.1. The third-order valence-electron chi connectivity index (χ3n) is 2.49. The first-order valence-corrected chi connectivity index (χ1v) is 6.05. The van der Waals surface area contributed by atoms with E-state index in [0.717, 1.165) is 17.8 Å². The molecular formula is C12H13Cl2N3. The van der Waals surface area contributed by atoms with Crippen LogP contribution in [0.2, 0.25) is 10.0 Å². The number of nitrogens with one attached hydrogen (secondary N) is 1. The minimum absolute atomic E-state index is 0.628. The van der Waals surface area contributed by atoms with E-state index in [0.29, 0.717) is 16.6 Å². The number of aromatic nitrogens is 2. The van der Waals surface area contributed by atoms with Crippen molar-refractivity contribution < 1.29 is 0 Å². The summed E-state index contributed by atoms with van der Waals surface area (Å²) in [7, 11) is 1.91. The van der Waals surface area contributed by atoms with Crippen LogP contribution < -0.4 is 5.32 Å². The van der Waals surface area contributed by atoms with Crippen molar-refractivity contribution in [1.29, 1.82) is 0 Å². The summed E-state index contributed by atoms with van der Waals surface area (Å²) in [5, 5.41) is 8.77. The molecule has 0 unspecified atom stereocenters. The van der Waals surface area contributed by atoms with Crippen LogP contribution in [0.4, 0.5) is 0 Å². The predicted octanol–water partition coefficient (Wildman–Crippen LogP) is 2.96. The highest BCUT2D eigenvalue weighted by Gasteiger charge is 2.06. The summed E-state index contributed by atoms with van der Waals surface area (Å²) < 4.78 is 1.91. The van der Waals surface area contributed by atoms with Crippen molar-refractivity contribution in [2.75, 3.05) is 7.05 Å². The summed E-state index contributed by atoms with van der Waals surface area (Å²) in [4.78, 5) is 0. The molecular weight excluding hydrogens is 257 g/mol. The van der Waals surface area contributed by atoms with Crippen molar-refractivity contribution in [3.63, 3.8) is 0 Å². The molecule has 1 heterocycles. The van der Waals surface area contributed by atoms with E-state index in [2.05, 4.69) is 10.4 Å². The van der Waals surface area contributed by atoms with Gasteiger partial charge >= 0.3 is 0 Å². The zero-order valence-electron chi connectivity index (χ0n) is 9.45. The first kappa shape index (κ1) is 12.4. The molecule has 0 saturated carbocycles. The summed E-state index contributed by atoms with van der Waals surface area (Å²) in [5.74, 6) is 0. The monoisotopic (exact) mass is 269 g/mol. The maximum atomic E-state index is 6.13. The molecule has 0 radical (unpaired) electrons. The van der Waals surface area contributed by atoms with Gasteiger partial charge in [-0.2, -0.15) is 5.10 Å². The fourth-order valence-electron chi connectivity index (χ4n) is 1.66. The van der Waals surface area contributed by atoms with E-state index in [-0.39, 0.29) is 0 Å². The second-order valence-electron chi connectivity index (χ2n) is 3.75. The smallest absolute Gasteiger partial charge is 0.0678 e. The normalized spacial score (nSPS) is 10.8. The average molecular weight is 270 g/mol. The molecule has 1 aromatic carbocycles. The van der Waals surface area contributed by atoms with Crippen molar-refractivity contribution in [2.45, 2.75) is 13.1 Å². The van der Waals surface area contributed by atoms with Gasteiger partial charge in [-0.1, -0.05) is 23.2 Å². The van der Waals surface area contributed by atoms with Gasteiger partial charge in [-0.15, -0.1) is 0 Å². The van der Waals surface area contributed by atoms with Crippen LogP contribution in [0.1, 0.15) is 11.3 Å². The molecule has 0 spiro atoms. The van der Waals surface area contributed by atoms with E-state index in [4.69, 9.17) is 23.2 Å². The molecule has 0 amide bonds. The highest BCUT2D eigenvalue weighted by Crippen LogP contribution is 2.21. The second kappa shape index (κ2) is 5.54. The van der Waals surface area contributed by atoms with E-state index >= 15 is 0 Å². The summed E-state index contributed by atoms with van der Waals surface area (Å²) in [6.45, 7) is 1.40. The van der Waals surface area contributed by atoms with Crippen LogP contribution in [-0.2, 0) is 13.1 Å². The number of benzene rings is 1. The van der Waals surface area contributed by atoms with Gasteiger partial charge in [0, 0.05) is 22.8 Å². The van der Waals surface area contributed by atoms with Gasteiger partial charge in [0.25, 0.3) is 0 Å². The molecule has 0 aliphatic carbocycles. The summed E-state index contributed by atoms with van der Waals surface area (Å²) in [6.07, 6.45) is 1.78.